The fraction of sp³-hybridized carbons (Fsp3) is 0.442. The summed E-state index contributed by atoms with van der Waals surface area (Å²) in [6.07, 6.45) is 8.29. The summed E-state index contributed by atoms with van der Waals surface area (Å²) in [5.74, 6) is 1.03. The van der Waals surface area contributed by atoms with E-state index in [0.717, 1.165) is 123 Å². The maximum Gasteiger partial charge on any atom is 0.329 e. The van der Waals surface area contributed by atoms with E-state index in [0.29, 0.717) is 45.7 Å². The van der Waals surface area contributed by atoms with Gasteiger partial charge in [0, 0.05) is 112 Å². The van der Waals surface area contributed by atoms with Crippen LogP contribution in [0.4, 0.5) is 34.5 Å². The Balaban J connectivity index is 0.726. The fourth-order valence-electron chi connectivity index (χ4n) is 11.2. The van der Waals surface area contributed by atoms with Gasteiger partial charge in [0.1, 0.15) is 24.8 Å². The Morgan fingerprint density at radius 3 is 2.29 bits per heavy atom. The Morgan fingerprint density at radius 1 is 0.847 bits per heavy atom. The molecule has 0 radical (unpaired) electrons. The normalized spacial score (nSPS) is 18.8. The van der Waals surface area contributed by atoms with E-state index in [1.807, 2.05) is 42.5 Å². The maximum absolute atomic E-state index is 13.9. The largest absolute Gasteiger partial charge is 0.494 e. The van der Waals surface area contributed by atoms with Crippen molar-refractivity contribution in [1.82, 2.24) is 39.2 Å². The summed E-state index contributed by atoms with van der Waals surface area (Å²) < 4.78 is 23.3. The summed E-state index contributed by atoms with van der Waals surface area (Å²) in [7, 11) is 0.658. The number of hydrogen-bond acceptors (Lipinski definition) is 14. The van der Waals surface area contributed by atoms with E-state index in [1.54, 1.807) is 44.4 Å². The third-order valence-electron chi connectivity index (χ3n) is 15.1. The van der Waals surface area contributed by atoms with Crippen LogP contribution >= 0.6 is 23.1 Å². The average Bonchev–Trinajstić information content (AvgIpc) is 3.63. The third-order valence-corrected chi connectivity index (χ3v) is 17.2. The number of ether oxygens (including phenoxy) is 1. The Hall–Kier alpha value is -6.30. The topological polar surface area (TPSA) is 192 Å². The van der Waals surface area contributed by atoms with E-state index in [9.17, 15) is 23.7 Å². The van der Waals surface area contributed by atoms with Crippen molar-refractivity contribution in [1.29, 1.82) is 0 Å². The van der Waals surface area contributed by atoms with Gasteiger partial charge in [-0.15, -0.1) is 0 Å². The number of amides is 3. The third kappa shape index (κ3) is 9.70. The van der Waals surface area contributed by atoms with Crippen LogP contribution in [-0.4, -0.2) is 130 Å². The number of fused-ring (bicyclic) bond motifs is 2. The second-order valence-electron chi connectivity index (χ2n) is 19.8. The lowest BCUT2D eigenvalue weighted by Gasteiger charge is -2.44. The van der Waals surface area contributed by atoms with Crippen molar-refractivity contribution in [2.75, 3.05) is 93.2 Å². The van der Waals surface area contributed by atoms with Crippen LogP contribution in [0.5, 0.6) is 5.75 Å². The van der Waals surface area contributed by atoms with Gasteiger partial charge in [0.05, 0.1) is 45.7 Å². The zero-order valence-electron chi connectivity index (χ0n) is 41.5. The van der Waals surface area contributed by atoms with Gasteiger partial charge in [0.2, 0.25) is 23.7 Å². The van der Waals surface area contributed by atoms with Gasteiger partial charge in [-0.05, 0) is 104 Å². The molecule has 4 aliphatic heterocycles. The number of imidazole rings is 1. The van der Waals surface area contributed by atoms with E-state index < -0.39 is 19.1 Å². The summed E-state index contributed by atoms with van der Waals surface area (Å²) in [6, 6.07) is 17.6. The highest BCUT2D eigenvalue weighted by atomic mass is 79.9. The lowest BCUT2D eigenvalue weighted by atomic mass is 9.94. The number of carbonyl (C=O) groups excluding carboxylic acids is 3. The molecule has 6 aromatic rings. The molecule has 18 nitrogen and oxygen atoms in total. The number of piperazine rings is 1. The minimum absolute atomic E-state index is 0.0209. The van der Waals surface area contributed by atoms with Gasteiger partial charge in [-0.3, -0.25) is 38.7 Å². The number of imide groups is 1. The molecule has 4 saturated heterocycles. The summed E-state index contributed by atoms with van der Waals surface area (Å²) in [6.45, 7) is 12.2. The van der Waals surface area contributed by atoms with Crippen LogP contribution in [0.15, 0.2) is 76.3 Å². The number of anilines is 6. The smallest absolute Gasteiger partial charge is 0.329 e. The van der Waals surface area contributed by atoms with Crippen LogP contribution in [0.1, 0.15) is 57.1 Å². The minimum atomic E-state index is -2.73. The van der Waals surface area contributed by atoms with Crippen LogP contribution < -0.4 is 41.5 Å². The van der Waals surface area contributed by atoms with E-state index >= 15 is 0 Å². The average molecular weight is 1060 g/mol. The highest BCUT2D eigenvalue weighted by molar-refractivity contribution is 9.10. The van der Waals surface area contributed by atoms with Gasteiger partial charge in [0.25, 0.3) is 0 Å². The number of aryl methyl sites for hydroxylation is 2. The van der Waals surface area contributed by atoms with Crippen LogP contribution in [0.3, 0.4) is 0 Å². The van der Waals surface area contributed by atoms with Crippen molar-refractivity contribution in [2.45, 2.75) is 64.0 Å². The van der Waals surface area contributed by atoms with Crippen molar-refractivity contribution < 1.29 is 23.7 Å². The number of para-hydroxylation sites is 1. The first kappa shape index (κ1) is 49.3. The second-order valence-corrected chi connectivity index (χ2v) is 23.8. The quantitative estimate of drug-likeness (QED) is 0.0861. The van der Waals surface area contributed by atoms with Crippen molar-refractivity contribution >= 4 is 103 Å². The van der Waals surface area contributed by atoms with Crippen LogP contribution in [0.2, 0.25) is 0 Å². The van der Waals surface area contributed by atoms with Gasteiger partial charge in [-0.25, -0.2) is 9.78 Å². The molecule has 0 bridgehead atoms. The Morgan fingerprint density at radius 2 is 1.58 bits per heavy atom. The molecule has 20 heteroatoms. The van der Waals surface area contributed by atoms with Gasteiger partial charge >= 0.3 is 5.69 Å². The van der Waals surface area contributed by atoms with Crippen LogP contribution in [0, 0.1) is 5.92 Å². The molecule has 378 valence electrons. The number of pyridine rings is 1. The molecule has 4 aliphatic rings. The molecule has 3 aromatic carbocycles. The molecular formula is C52H62BrN12O6P. The minimum Gasteiger partial charge on any atom is -0.494 e. The number of halogens is 1. The predicted octanol–water partition coefficient (Wildman–Crippen LogP) is 6.75. The van der Waals surface area contributed by atoms with E-state index in [1.165, 1.54) is 10.1 Å². The lowest BCUT2D eigenvalue weighted by Crippen LogP contribution is -2.55. The molecule has 1 unspecified atom stereocenters. The summed E-state index contributed by atoms with van der Waals surface area (Å²) >= 11 is 3.61. The SMILES string of the molecule is CCc1cc(Nc2ncc(Br)c(Nc3cnc4ccccc4c3P(C)(C)=O)n2)c(OC)cc1N1CCC(N2CCN(C(=O)C3CCN(c4ccc5c(c4)n(C)c(=O)n5C4CCC(=O)NC4=O)CC3)CC2)CC1. The lowest BCUT2D eigenvalue weighted by molar-refractivity contribution is -0.138. The number of carbonyl (C=O) groups is 3. The van der Waals surface area contributed by atoms with Crippen molar-refractivity contribution in [3.05, 3.63) is 87.5 Å². The zero-order chi connectivity index (χ0) is 50.4. The summed E-state index contributed by atoms with van der Waals surface area (Å²) in [5, 5.41) is 10.7. The monoisotopic (exact) mass is 1060 g/mol. The fourth-order valence-corrected chi connectivity index (χ4v) is 13.0. The molecule has 3 N–H and O–H groups in total. The van der Waals surface area contributed by atoms with Crippen LogP contribution in [-0.2, 0) is 32.4 Å². The van der Waals surface area contributed by atoms with Gasteiger partial charge < -0.3 is 34.6 Å². The summed E-state index contributed by atoms with van der Waals surface area (Å²) in [5.41, 5.74) is 6.60. The Bertz CT molecular complexity index is 3190. The predicted molar refractivity (Wildman–Crippen MR) is 286 cm³/mol. The Labute approximate surface area is 427 Å². The molecule has 7 heterocycles. The van der Waals surface area contributed by atoms with Crippen LogP contribution in [0.25, 0.3) is 21.9 Å². The van der Waals surface area contributed by atoms with E-state index in [4.69, 9.17) is 9.72 Å². The molecule has 0 spiro atoms. The van der Waals surface area contributed by atoms with Crippen molar-refractivity contribution in [3.63, 3.8) is 0 Å². The van der Waals surface area contributed by atoms with E-state index in [2.05, 4.69) is 80.5 Å². The number of nitrogens with one attached hydrogen (secondary N) is 3. The molecule has 3 aromatic heterocycles. The van der Waals surface area contributed by atoms with E-state index in [-0.39, 0.29) is 29.8 Å². The molecule has 1 atom stereocenters. The maximum atomic E-state index is 13.9. The first-order valence-corrected chi connectivity index (χ1v) is 28.4. The number of benzene rings is 3. The number of nitrogens with zero attached hydrogens (tertiary/aromatic N) is 9. The molecule has 0 aliphatic carbocycles. The highest BCUT2D eigenvalue weighted by Crippen LogP contribution is 2.42. The molecular weight excluding hydrogens is 1000 g/mol. The Kier molecular flexibility index (Phi) is 13.9. The standard InChI is InChI=1S/C52H62BrN12O6P/c1-6-32-27-39(57-51-55-30-37(53)48(59-51)56-40-31-54-38-10-8-7-9-36(38)47(40)72(4,5)70)45(71-3)29-43(32)63-21-17-34(18-22-63)62-23-25-64(26-24-62)50(68)33-15-19-61(20-16-33)35-11-12-41-44(28-35)60(2)52(69)65(41)42-13-14-46(66)58-49(42)67/h7-12,27-31,33-34,42H,6,13-26H2,1-5H3,(H,58,66,67)(H2,55,56,57,59). The number of hydrogen-bond donors (Lipinski definition) is 3. The van der Waals surface area contributed by atoms with Gasteiger partial charge in [-0.2, -0.15) is 4.98 Å². The van der Waals surface area contributed by atoms with Crippen molar-refractivity contribution in [2.24, 2.45) is 13.0 Å². The molecule has 10 rings (SSSR count). The first-order valence-electron chi connectivity index (χ1n) is 25.0. The molecule has 0 saturated carbocycles. The molecule has 72 heavy (non-hydrogen) atoms. The molecule has 3 amide bonds. The summed E-state index contributed by atoms with van der Waals surface area (Å²) in [4.78, 5) is 75.1. The number of methoxy groups -OCH3 is 1. The zero-order valence-corrected chi connectivity index (χ0v) is 44.0. The van der Waals surface area contributed by atoms with Gasteiger partial charge in [-0.1, -0.05) is 25.1 Å². The number of rotatable bonds is 12. The van der Waals surface area contributed by atoms with Crippen molar-refractivity contribution in [3.8, 4) is 5.75 Å². The number of aromatic nitrogens is 5. The number of piperidine rings is 3. The second kappa shape index (κ2) is 20.3. The first-order chi connectivity index (χ1) is 34.7. The van der Waals surface area contributed by atoms with Gasteiger partial charge in [0.15, 0.2) is 0 Å². The highest BCUT2D eigenvalue weighted by Gasteiger charge is 2.35. The molecule has 4 fully saturated rings.